The van der Waals surface area contributed by atoms with E-state index in [1.54, 1.807) is 0 Å². The Morgan fingerprint density at radius 2 is 2.06 bits per heavy atom. The molecule has 0 radical (unpaired) electrons. The van der Waals surface area contributed by atoms with Crippen molar-refractivity contribution in [2.75, 3.05) is 10.6 Å². The topological polar surface area (TPSA) is 41.1 Å². The Morgan fingerprint density at radius 1 is 1.35 bits per heavy atom. The van der Waals surface area contributed by atoms with Crippen molar-refractivity contribution in [2.24, 2.45) is 5.92 Å². The van der Waals surface area contributed by atoms with Gasteiger partial charge in [-0.1, -0.05) is 13.0 Å². The van der Waals surface area contributed by atoms with Crippen LogP contribution in [0.25, 0.3) is 0 Å². The van der Waals surface area contributed by atoms with Gasteiger partial charge in [-0.15, -0.1) is 0 Å². The van der Waals surface area contributed by atoms with E-state index in [-0.39, 0.29) is 5.91 Å². The highest BCUT2D eigenvalue weighted by molar-refractivity contribution is 5.90. The molecule has 0 aromatic heterocycles. The highest BCUT2D eigenvalue weighted by Crippen LogP contribution is 2.30. The lowest BCUT2D eigenvalue weighted by Gasteiger charge is -2.34. The standard InChI is InChI=1S/C14H20N2O/c1-9-6-13(7-9)16-12-5-4-10(2)14(8-12)15-11(3)17/h4-5,8-9,13,16H,6-7H2,1-3H3,(H,15,17). The first-order valence-electron chi connectivity index (χ1n) is 6.19. The monoisotopic (exact) mass is 232 g/mol. The normalized spacial score (nSPS) is 22.8. The number of amides is 1. The molecular formula is C14H20N2O. The van der Waals surface area contributed by atoms with Crippen LogP contribution in [0.2, 0.25) is 0 Å². The molecule has 1 aromatic carbocycles. The summed E-state index contributed by atoms with van der Waals surface area (Å²) >= 11 is 0. The first-order chi connectivity index (χ1) is 8.04. The first kappa shape index (κ1) is 12.0. The fourth-order valence-electron chi connectivity index (χ4n) is 2.29. The maximum absolute atomic E-state index is 11.1. The van der Waals surface area contributed by atoms with Gasteiger partial charge in [0.2, 0.25) is 5.91 Å². The number of hydrogen-bond acceptors (Lipinski definition) is 2. The van der Waals surface area contributed by atoms with Gasteiger partial charge in [0.1, 0.15) is 0 Å². The van der Waals surface area contributed by atoms with Gasteiger partial charge in [0, 0.05) is 24.3 Å². The Morgan fingerprint density at radius 3 is 2.65 bits per heavy atom. The van der Waals surface area contributed by atoms with E-state index in [9.17, 15) is 4.79 Å². The average Bonchev–Trinajstić information content (AvgIpc) is 2.20. The van der Waals surface area contributed by atoms with E-state index in [1.807, 2.05) is 19.1 Å². The van der Waals surface area contributed by atoms with Gasteiger partial charge >= 0.3 is 0 Å². The average molecular weight is 232 g/mol. The van der Waals surface area contributed by atoms with Crippen molar-refractivity contribution < 1.29 is 4.79 Å². The second-order valence-corrected chi connectivity index (χ2v) is 5.13. The van der Waals surface area contributed by atoms with Gasteiger partial charge in [-0.3, -0.25) is 4.79 Å². The van der Waals surface area contributed by atoms with Gasteiger partial charge < -0.3 is 10.6 Å². The number of anilines is 2. The second-order valence-electron chi connectivity index (χ2n) is 5.13. The first-order valence-corrected chi connectivity index (χ1v) is 6.19. The largest absolute Gasteiger partial charge is 0.382 e. The number of aryl methyl sites for hydroxylation is 1. The number of carbonyl (C=O) groups is 1. The molecule has 3 nitrogen and oxygen atoms in total. The van der Waals surface area contributed by atoms with Crippen LogP contribution in [0.5, 0.6) is 0 Å². The minimum absolute atomic E-state index is 0.0254. The molecule has 1 fully saturated rings. The number of carbonyl (C=O) groups excluding carboxylic acids is 1. The predicted molar refractivity (Wildman–Crippen MR) is 71.3 cm³/mol. The molecule has 0 atom stereocenters. The Bertz CT molecular complexity index is 422. The minimum atomic E-state index is -0.0254. The van der Waals surface area contributed by atoms with Crippen LogP contribution in [-0.4, -0.2) is 11.9 Å². The SMILES string of the molecule is CC(=O)Nc1cc(NC2CC(C)C2)ccc1C. The van der Waals surface area contributed by atoms with Gasteiger partial charge in [0.15, 0.2) is 0 Å². The molecule has 0 saturated heterocycles. The molecule has 0 unspecified atom stereocenters. The Hall–Kier alpha value is -1.51. The van der Waals surface area contributed by atoms with Crippen LogP contribution in [0.15, 0.2) is 18.2 Å². The van der Waals surface area contributed by atoms with E-state index in [4.69, 9.17) is 0 Å². The highest BCUT2D eigenvalue weighted by atomic mass is 16.1. The third kappa shape index (κ3) is 2.99. The van der Waals surface area contributed by atoms with Crippen LogP contribution >= 0.6 is 0 Å². The molecule has 0 bridgehead atoms. The lowest BCUT2D eigenvalue weighted by Crippen LogP contribution is -2.33. The van der Waals surface area contributed by atoms with E-state index in [0.29, 0.717) is 6.04 Å². The maximum atomic E-state index is 11.1. The zero-order valence-electron chi connectivity index (χ0n) is 10.7. The molecule has 92 valence electrons. The predicted octanol–water partition coefficient (Wildman–Crippen LogP) is 3.16. The number of rotatable bonds is 3. The van der Waals surface area contributed by atoms with Crippen LogP contribution in [0.3, 0.4) is 0 Å². The van der Waals surface area contributed by atoms with Crippen molar-refractivity contribution in [3.63, 3.8) is 0 Å². The highest BCUT2D eigenvalue weighted by Gasteiger charge is 2.24. The molecule has 0 aliphatic heterocycles. The zero-order chi connectivity index (χ0) is 12.4. The summed E-state index contributed by atoms with van der Waals surface area (Å²) in [6.45, 7) is 5.81. The van der Waals surface area contributed by atoms with Gasteiger partial charge in [-0.05, 0) is 43.4 Å². The molecule has 2 rings (SSSR count). The molecule has 1 aliphatic rings. The Labute approximate surface area is 103 Å². The summed E-state index contributed by atoms with van der Waals surface area (Å²) in [5.41, 5.74) is 3.08. The molecule has 1 aliphatic carbocycles. The summed E-state index contributed by atoms with van der Waals surface area (Å²) < 4.78 is 0. The molecule has 17 heavy (non-hydrogen) atoms. The molecule has 0 heterocycles. The molecule has 1 saturated carbocycles. The van der Waals surface area contributed by atoms with E-state index in [1.165, 1.54) is 19.8 Å². The van der Waals surface area contributed by atoms with Crippen molar-refractivity contribution >= 4 is 17.3 Å². The van der Waals surface area contributed by atoms with Gasteiger partial charge in [-0.25, -0.2) is 0 Å². The second kappa shape index (κ2) is 4.78. The quantitative estimate of drug-likeness (QED) is 0.840. The Kier molecular flexibility index (Phi) is 3.36. The molecular weight excluding hydrogens is 212 g/mol. The summed E-state index contributed by atoms with van der Waals surface area (Å²) in [6, 6.07) is 6.72. The van der Waals surface area contributed by atoms with Crippen LogP contribution in [0, 0.1) is 12.8 Å². The summed E-state index contributed by atoms with van der Waals surface area (Å²) in [7, 11) is 0. The number of hydrogen-bond donors (Lipinski definition) is 2. The fourth-order valence-corrected chi connectivity index (χ4v) is 2.29. The van der Waals surface area contributed by atoms with Crippen LogP contribution in [-0.2, 0) is 4.79 Å². The summed E-state index contributed by atoms with van der Waals surface area (Å²) in [5.74, 6) is 0.815. The smallest absolute Gasteiger partial charge is 0.221 e. The van der Waals surface area contributed by atoms with Gasteiger partial charge in [0.25, 0.3) is 0 Å². The fraction of sp³-hybridized carbons (Fsp3) is 0.500. The number of nitrogens with one attached hydrogen (secondary N) is 2. The van der Waals surface area contributed by atoms with Crippen LogP contribution < -0.4 is 10.6 Å². The molecule has 1 amide bonds. The third-order valence-electron chi connectivity index (χ3n) is 3.29. The summed E-state index contributed by atoms with van der Waals surface area (Å²) in [4.78, 5) is 11.1. The number of benzene rings is 1. The summed E-state index contributed by atoms with van der Waals surface area (Å²) in [6.07, 6.45) is 2.48. The van der Waals surface area contributed by atoms with Crippen LogP contribution in [0.4, 0.5) is 11.4 Å². The van der Waals surface area contributed by atoms with Gasteiger partial charge in [0.05, 0.1) is 0 Å². The third-order valence-corrected chi connectivity index (χ3v) is 3.29. The molecule has 3 heteroatoms. The minimum Gasteiger partial charge on any atom is -0.382 e. The van der Waals surface area contributed by atoms with E-state index >= 15 is 0 Å². The van der Waals surface area contributed by atoms with Crippen molar-refractivity contribution in [1.29, 1.82) is 0 Å². The lowest BCUT2D eigenvalue weighted by molar-refractivity contribution is -0.114. The maximum Gasteiger partial charge on any atom is 0.221 e. The molecule has 0 spiro atoms. The zero-order valence-corrected chi connectivity index (χ0v) is 10.7. The van der Waals surface area contributed by atoms with Crippen LogP contribution in [0.1, 0.15) is 32.3 Å². The Balaban J connectivity index is 2.05. The van der Waals surface area contributed by atoms with E-state index in [2.05, 4.69) is 23.6 Å². The van der Waals surface area contributed by atoms with Gasteiger partial charge in [-0.2, -0.15) is 0 Å². The van der Waals surface area contributed by atoms with Crippen molar-refractivity contribution in [3.8, 4) is 0 Å². The lowest BCUT2D eigenvalue weighted by atomic mass is 9.82. The van der Waals surface area contributed by atoms with Crippen molar-refractivity contribution in [1.82, 2.24) is 0 Å². The van der Waals surface area contributed by atoms with Crippen molar-refractivity contribution in [2.45, 2.75) is 39.7 Å². The van der Waals surface area contributed by atoms with E-state index < -0.39 is 0 Å². The molecule has 2 N–H and O–H groups in total. The molecule has 1 aromatic rings. The van der Waals surface area contributed by atoms with E-state index in [0.717, 1.165) is 22.9 Å². The van der Waals surface area contributed by atoms with Crippen molar-refractivity contribution in [3.05, 3.63) is 23.8 Å². The summed E-state index contributed by atoms with van der Waals surface area (Å²) in [5, 5.41) is 6.35.